The van der Waals surface area contributed by atoms with Crippen LogP contribution in [0.25, 0.3) is 0 Å². The number of carbonyl (C=O) groups is 2. The number of hydrogen-bond acceptors (Lipinski definition) is 2. The number of hydrazine groups is 1. The Morgan fingerprint density at radius 1 is 0.818 bits per heavy atom. The number of rotatable bonds is 2. The van der Waals surface area contributed by atoms with Gasteiger partial charge in [0.15, 0.2) is 0 Å². The van der Waals surface area contributed by atoms with Gasteiger partial charge in [-0.05, 0) is 37.6 Å². The van der Waals surface area contributed by atoms with Crippen LogP contribution in [0.1, 0.15) is 45.7 Å². The van der Waals surface area contributed by atoms with Gasteiger partial charge in [-0.3, -0.25) is 20.4 Å². The maximum Gasteiger partial charge on any atom is 0.269 e. The van der Waals surface area contributed by atoms with E-state index in [-0.39, 0.29) is 11.8 Å². The molecule has 4 heteroatoms. The van der Waals surface area contributed by atoms with Crippen LogP contribution in [0, 0.1) is 13.8 Å². The molecule has 2 rings (SSSR count). The van der Waals surface area contributed by atoms with E-state index in [1.54, 1.807) is 30.3 Å². The molecule has 2 N–H and O–H groups in total. The predicted octanol–water partition coefficient (Wildman–Crippen LogP) is 3.40. The standard InChI is InChI=1S/C16H16N2O2.C2H6/c1-11-8-9-12(2)14(10-11)16(20)18-17-15(19)13-6-4-3-5-7-13;1-2/h3-10H,1-2H3,(H,17,19)(H,18,20);1-2H3. The molecule has 0 heterocycles. The van der Waals surface area contributed by atoms with Crippen LogP contribution in [0.5, 0.6) is 0 Å². The Kier molecular flexibility index (Phi) is 6.83. The first-order valence-electron chi connectivity index (χ1n) is 7.31. The first-order chi connectivity index (χ1) is 10.6. The molecule has 0 saturated heterocycles. The van der Waals surface area contributed by atoms with Gasteiger partial charge in [0.05, 0.1) is 0 Å². The summed E-state index contributed by atoms with van der Waals surface area (Å²) in [6.45, 7) is 7.77. The molecule has 2 aromatic carbocycles. The fourth-order valence-corrected chi connectivity index (χ4v) is 1.82. The summed E-state index contributed by atoms with van der Waals surface area (Å²) in [5.41, 5.74) is 7.74. The molecule has 0 aliphatic heterocycles. The molecule has 2 amide bonds. The normalized spacial score (nSPS) is 9.27. The van der Waals surface area contributed by atoms with Crippen molar-refractivity contribution in [1.29, 1.82) is 0 Å². The van der Waals surface area contributed by atoms with Gasteiger partial charge in [0, 0.05) is 11.1 Å². The third-order valence-corrected chi connectivity index (χ3v) is 2.96. The van der Waals surface area contributed by atoms with Crippen LogP contribution in [-0.2, 0) is 0 Å². The Hall–Kier alpha value is -2.62. The van der Waals surface area contributed by atoms with Crippen LogP contribution in [-0.4, -0.2) is 11.8 Å². The van der Waals surface area contributed by atoms with Crippen LogP contribution >= 0.6 is 0 Å². The third kappa shape index (κ3) is 4.74. The topological polar surface area (TPSA) is 58.2 Å². The Labute approximate surface area is 131 Å². The minimum absolute atomic E-state index is 0.324. The molecule has 116 valence electrons. The number of amides is 2. The van der Waals surface area contributed by atoms with Crippen LogP contribution < -0.4 is 10.9 Å². The molecule has 0 unspecified atom stereocenters. The summed E-state index contributed by atoms with van der Waals surface area (Å²) in [5.74, 6) is -0.667. The zero-order chi connectivity index (χ0) is 16.5. The third-order valence-electron chi connectivity index (χ3n) is 2.96. The van der Waals surface area contributed by atoms with E-state index in [0.717, 1.165) is 11.1 Å². The van der Waals surface area contributed by atoms with Crippen molar-refractivity contribution in [2.45, 2.75) is 27.7 Å². The number of aryl methyl sites for hydroxylation is 2. The molecular formula is C18H22N2O2. The Balaban J connectivity index is 0.00000116. The van der Waals surface area contributed by atoms with Gasteiger partial charge in [0.25, 0.3) is 11.8 Å². The number of hydrogen-bond donors (Lipinski definition) is 2. The van der Waals surface area contributed by atoms with Gasteiger partial charge in [-0.1, -0.05) is 49.7 Å². The van der Waals surface area contributed by atoms with Crippen molar-refractivity contribution >= 4 is 11.8 Å². The molecule has 2 aromatic rings. The van der Waals surface area contributed by atoms with E-state index in [9.17, 15) is 9.59 Å². The van der Waals surface area contributed by atoms with Gasteiger partial charge < -0.3 is 0 Å². The number of benzene rings is 2. The van der Waals surface area contributed by atoms with Crippen molar-refractivity contribution in [3.8, 4) is 0 Å². The molecule has 22 heavy (non-hydrogen) atoms. The largest absolute Gasteiger partial charge is 0.269 e. The minimum Gasteiger partial charge on any atom is -0.267 e. The van der Waals surface area contributed by atoms with E-state index >= 15 is 0 Å². The summed E-state index contributed by atoms with van der Waals surface area (Å²) < 4.78 is 0. The number of nitrogens with one attached hydrogen (secondary N) is 2. The van der Waals surface area contributed by atoms with E-state index in [2.05, 4.69) is 10.9 Å². The molecule has 0 aliphatic carbocycles. The van der Waals surface area contributed by atoms with E-state index in [0.29, 0.717) is 11.1 Å². The summed E-state index contributed by atoms with van der Waals surface area (Å²) in [5, 5.41) is 0. The SMILES string of the molecule is CC.Cc1ccc(C)c(C(=O)NNC(=O)c2ccccc2)c1. The van der Waals surface area contributed by atoms with Crippen molar-refractivity contribution in [2.75, 3.05) is 0 Å². The Bertz CT molecular complexity index is 637. The summed E-state index contributed by atoms with van der Waals surface area (Å²) in [6.07, 6.45) is 0. The van der Waals surface area contributed by atoms with Crippen molar-refractivity contribution < 1.29 is 9.59 Å². The quantitative estimate of drug-likeness (QED) is 0.835. The zero-order valence-electron chi connectivity index (χ0n) is 13.4. The summed E-state index contributed by atoms with van der Waals surface area (Å²) in [4.78, 5) is 23.8. The Morgan fingerprint density at radius 2 is 1.41 bits per heavy atom. The smallest absolute Gasteiger partial charge is 0.267 e. The van der Waals surface area contributed by atoms with Crippen molar-refractivity contribution in [3.63, 3.8) is 0 Å². The summed E-state index contributed by atoms with van der Waals surface area (Å²) >= 11 is 0. The highest BCUT2D eigenvalue weighted by Crippen LogP contribution is 2.10. The first kappa shape index (κ1) is 17.4. The molecule has 0 aromatic heterocycles. The van der Waals surface area contributed by atoms with Gasteiger partial charge in [-0.2, -0.15) is 0 Å². The van der Waals surface area contributed by atoms with Gasteiger partial charge in [0.1, 0.15) is 0 Å². The summed E-state index contributed by atoms with van der Waals surface area (Å²) in [7, 11) is 0. The zero-order valence-corrected chi connectivity index (χ0v) is 13.4. The fourth-order valence-electron chi connectivity index (χ4n) is 1.82. The highest BCUT2D eigenvalue weighted by atomic mass is 16.2. The highest BCUT2D eigenvalue weighted by molar-refractivity contribution is 5.99. The summed E-state index contributed by atoms with van der Waals surface area (Å²) in [6, 6.07) is 14.3. The van der Waals surface area contributed by atoms with Crippen LogP contribution in [0.3, 0.4) is 0 Å². The number of carbonyl (C=O) groups excluding carboxylic acids is 2. The van der Waals surface area contributed by atoms with Crippen LogP contribution in [0.4, 0.5) is 0 Å². The van der Waals surface area contributed by atoms with Crippen LogP contribution in [0.15, 0.2) is 48.5 Å². The van der Waals surface area contributed by atoms with Crippen molar-refractivity contribution in [3.05, 3.63) is 70.8 Å². The second-order valence-corrected chi connectivity index (χ2v) is 4.59. The van der Waals surface area contributed by atoms with Gasteiger partial charge in [-0.25, -0.2) is 0 Å². The fraction of sp³-hybridized carbons (Fsp3) is 0.222. The molecule has 0 radical (unpaired) electrons. The highest BCUT2D eigenvalue weighted by Gasteiger charge is 2.11. The van der Waals surface area contributed by atoms with E-state index in [4.69, 9.17) is 0 Å². The average molecular weight is 298 g/mol. The molecule has 0 saturated carbocycles. The monoisotopic (exact) mass is 298 g/mol. The molecular weight excluding hydrogens is 276 g/mol. The molecule has 0 atom stereocenters. The lowest BCUT2D eigenvalue weighted by Crippen LogP contribution is -2.41. The molecule has 0 aliphatic rings. The average Bonchev–Trinajstić information content (AvgIpc) is 2.57. The molecule has 0 fully saturated rings. The second kappa shape index (κ2) is 8.62. The molecule has 4 nitrogen and oxygen atoms in total. The van der Waals surface area contributed by atoms with E-state index in [1.165, 1.54) is 0 Å². The van der Waals surface area contributed by atoms with Crippen LogP contribution in [0.2, 0.25) is 0 Å². The molecule has 0 bridgehead atoms. The second-order valence-electron chi connectivity index (χ2n) is 4.59. The lowest BCUT2D eigenvalue weighted by atomic mass is 10.1. The maximum absolute atomic E-state index is 12.0. The van der Waals surface area contributed by atoms with Crippen molar-refractivity contribution in [1.82, 2.24) is 10.9 Å². The van der Waals surface area contributed by atoms with Gasteiger partial charge >= 0.3 is 0 Å². The van der Waals surface area contributed by atoms with E-state index in [1.807, 2.05) is 45.9 Å². The first-order valence-corrected chi connectivity index (χ1v) is 7.31. The lowest BCUT2D eigenvalue weighted by Gasteiger charge is -2.09. The Morgan fingerprint density at radius 3 is 2.05 bits per heavy atom. The maximum atomic E-state index is 12.0. The predicted molar refractivity (Wildman–Crippen MR) is 88.6 cm³/mol. The minimum atomic E-state index is -0.343. The van der Waals surface area contributed by atoms with Gasteiger partial charge in [-0.15, -0.1) is 0 Å². The van der Waals surface area contributed by atoms with Gasteiger partial charge in [0.2, 0.25) is 0 Å². The molecule has 0 spiro atoms. The van der Waals surface area contributed by atoms with Crippen molar-refractivity contribution in [2.24, 2.45) is 0 Å². The lowest BCUT2D eigenvalue weighted by molar-refractivity contribution is 0.0846. The van der Waals surface area contributed by atoms with E-state index < -0.39 is 0 Å².